The van der Waals surface area contributed by atoms with E-state index in [0.717, 1.165) is 0 Å². The lowest BCUT2D eigenvalue weighted by Crippen LogP contribution is -2.09. The molecule has 2 aromatic carbocycles. The molecule has 0 radical (unpaired) electrons. The zero-order chi connectivity index (χ0) is 20.1. The number of benzene rings is 2. The normalized spacial score (nSPS) is 10.7. The smallest absolute Gasteiger partial charge is 0.335 e. The van der Waals surface area contributed by atoms with Gasteiger partial charge < -0.3 is 14.6 Å². The second-order valence-electron chi connectivity index (χ2n) is 5.59. The first-order valence-corrected chi connectivity index (χ1v) is 7.85. The molecule has 0 aliphatic rings. The maximum Gasteiger partial charge on any atom is 0.335 e. The van der Waals surface area contributed by atoms with Crippen molar-refractivity contribution in [2.75, 3.05) is 13.2 Å². The molecular weight excluding hydrogens is 375 g/mol. The number of carboxylic acid groups (broad SMARTS) is 1. The molecule has 0 amide bonds. The van der Waals surface area contributed by atoms with E-state index in [0.29, 0.717) is 17.7 Å². The highest BCUT2D eigenvalue weighted by atomic mass is 19.2. The predicted octanol–water partition coefficient (Wildman–Crippen LogP) is 4.63. The summed E-state index contributed by atoms with van der Waals surface area (Å²) in [5.74, 6) is -12.3. The van der Waals surface area contributed by atoms with Gasteiger partial charge in [0.1, 0.15) is 5.75 Å². The Labute approximate surface area is 151 Å². The van der Waals surface area contributed by atoms with Crippen molar-refractivity contribution in [1.82, 2.24) is 0 Å². The summed E-state index contributed by atoms with van der Waals surface area (Å²) >= 11 is 0. The third-order valence-corrected chi connectivity index (χ3v) is 3.63. The van der Waals surface area contributed by atoms with Crippen molar-refractivity contribution in [1.29, 1.82) is 0 Å². The molecule has 0 saturated carbocycles. The number of halogens is 5. The lowest BCUT2D eigenvalue weighted by atomic mass is 10.1. The molecule has 1 N–H and O–H groups in total. The Morgan fingerprint density at radius 3 is 1.93 bits per heavy atom. The molecule has 0 fully saturated rings. The number of hydrogen-bond donors (Lipinski definition) is 1. The largest absolute Gasteiger partial charge is 0.493 e. The maximum absolute atomic E-state index is 13.4. The number of rotatable bonds is 8. The monoisotopic (exact) mass is 390 g/mol. The number of ether oxygens (including phenoxy) is 2. The molecule has 146 valence electrons. The molecule has 2 aromatic rings. The summed E-state index contributed by atoms with van der Waals surface area (Å²) in [6.07, 6.45) is 0.598. The molecule has 0 spiro atoms. The van der Waals surface area contributed by atoms with E-state index in [2.05, 4.69) is 4.74 Å². The molecule has 0 unspecified atom stereocenters. The number of aromatic carboxylic acids is 1. The van der Waals surface area contributed by atoms with Gasteiger partial charge in [-0.1, -0.05) is 0 Å². The summed E-state index contributed by atoms with van der Waals surface area (Å²) in [5.41, 5.74) is 0.739. The number of carbonyl (C=O) groups is 1. The quantitative estimate of drug-likeness (QED) is 0.309. The molecule has 2 rings (SSSR count). The summed E-state index contributed by atoms with van der Waals surface area (Å²) in [6, 6.07) is 4.34. The fraction of sp³-hybridized carbons (Fsp3) is 0.278. The first kappa shape index (κ1) is 20.5. The standard InChI is InChI=1S/C18H15F5O4/c1-9-8-10(18(24)25)4-5-11(9)26-6-2-3-7-27-17-15(22)13(20)12(19)14(21)16(17)23/h4-5,8H,2-3,6-7H2,1H3,(H,24,25). The molecule has 0 saturated heterocycles. The van der Waals surface area contributed by atoms with Gasteiger partial charge in [-0.25, -0.2) is 18.0 Å². The lowest BCUT2D eigenvalue weighted by Gasteiger charge is -2.11. The van der Waals surface area contributed by atoms with Crippen LogP contribution in [0, 0.1) is 36.0 Å². The summed E-state index contributed by atoms with van der Waals surface area (Å²) in [7, 11) is 0. The summed E-state index contributed by atoms with van der Waals surface area (Å²) < 4.78 is 76.0. The van der Waals surface area contributed by atoms with Gasteiger partial charge in [0, 0.05) is 0 Å². The molecule has 0 bridgehead atoms. The van der Waals surface area contributed by atoms with E-state index >= 15 is 0 Å². The van der Waals surface area contributed by atoms with E-state index in [1.807, 2.05) is 0 Å². The van der Waals surface area contributed by atoms with Crippen LogP contribution in [0.25, 0.3) is 0 Å². The van der Waals surface area contributed by atoms with Crippen molar-refractivity contribution in [3.8, 4) is 11.5 Å². The number of carboxylic acids is 1. The molecule has 9 heteroatoms. The SMILES string of the molecule is Cc1cc(C(=O)O)ccc1OCCCCOc1c(F)c(F)c(F)c(F)c1F. The summed E-state index contributed by atoms with van der Waals surface area (Å²) in [4.78, 5) is 10.8. The van der Waals surface area contributed by atoms with Crippen molar-refractivity contribution < 1.29 is 41.3 Å². The molecule has 0 aliphatic heterocycles. The highest BCUT2D eigenvalue weighted by Crippen LogP contribution is 2.29. The lowest BCUT2D eigenvalue weighted by molar-refractivity contribution is 0.0696. The van der Waals surface area contributed by atoms with Crippen LogP contribution >= 0.6 is 0 Å². The maximum atomic E-state index is 13.4. The van der Waals surface area contributed by atoms with E-state index in [-0.39, 0.29) is 25.2 Å². The minimum absolute atomic E-state index is 0.121. The van der Waals surface area contributed by atoms with Gasteiger partial charge in [0.15, 0.2) is 5.75 Å². The highest BCUT2D eigenvalue weighted by molar-refractivity contribution is 5.88. The van der Waals surface area contributed by atoms with Gasteiger partial charge in [0.25, 0.3) is 0 Å². The first-order chi connectivity index (χ1) is 12.7. The van der Waals surface area contributed by atoms with Crippen LogP contribution in [-0.4, -0.2) is 24.3 Å². The molecule has 0 aromatic heterocycles. The van der Waals surface area contributed by atoms with Crippen LogP contribution in [0.3, 0.4) is 0 Å². The van der Waals surface area contributed by atoms with Crippen LogP contribution in [-0.2, 0) is 0 Å². The van der Waals surface area contributed by atoms with E-state index in [1.54, 1.807) is 6.92 Å². The second kappa shape index (κ2) is 8.70. The minimum Gasteiger partial charge on any atom is -0.493 e. The molecule has 27 heavy (non-hydrogen) atoms. The third-order valence-electron chi connectivity index (χ3n) is 3.63. The van der Waals surface area contributed by atoms with Crippen molar-refractivity contribution in [3.63, 3.8) is 0 Å². The van der Waals surface area contributed by atoms with Crippen molar-refractivity contribution in [3.05, 3.63) is 58.4 Å². The van der Waals surface area contributed by atoms with Crippen molar-refractivity contribution in [2.45, 2.75) is 19.8 Å². The first-order valence-electron chi connectivity index (χ1n) is 7.85. The number of aryl methyl sites for hydroxylation is 1. The van der Waals surface area contributed by atoms with Crippen LogP contribution in [0.4, 0.5) is 22.0 Å². The average molecular weight is 390 g/mol. The van der Waals surface area contributed by atoms with Gasteiger partial charge in [-0.15, -0.1) is 0 Å². The fourth-order valence-electron chi connectivity index (χ4n) is 2.22. The summed E-state index contributed by atoms with van der Waals surface area (Å²) in [5, 5.41) is 8.88. The second-order valence-corrected chi connectivity index (χ2v) is 5.59. The van der Waals surface area contributed by atoms with Crippen LogP contribution < -0.4 is 9.47 Å². The Balaban J connectivity index is 1.83. The third kappa shape index (κ3) is 4.66. The van der Waals surface area contributed by atoms with Crippen LogP contribution in [0.1, 0.15) is 28.8 Å². The zero-order valence-corrected chi connectivity index (χ0v) is 14.1. The zero-order valence-electron chi connectivity index (χ0n) is 14.1. The molecule has 0 aliphatic carbocycles. The average Bonchev–Trinajstić information content (AvgIpc) is 2.64. The minimum atomic E-state index is -2.24. The summed E-state index contributed by atoms with van der Waals surface area (Å²) in [6.45, 7) is 1.58. The number of hydrogen-bond acceptors (Lipinski definition) is 3. The topological polar surface area (TPSA) is 55.8 Å². The van der Waals surface area contributed by atoms with Gasteiger partial charge >= 0.3 is 5.97 Å². The van der Waals surface area contributed by atoms with E-state index in [1.165, 1.54) is 18.2 Å². The number of unbranched alkanes of at least 4 members (excludes halogenated alkanes) is 1. The van der Waals surface area contributed by atoms with Gasteiger partial charge in [0.2, 0.25) is 29.1 Å². The van der Waals surface area contributed by atoms with Crippen LogP contribution in [0.5, 0.6) is 11.5 Å². The van der Waals surface area contributed by atoms with Crippen molar-refractivity contribution >= 4 is 5.97 Å². The Morgan fingerprint density at radius 2 is 1.41 bits per heavy atom. The molecule has 0 heterocycles. The van der Waals surface area contributed by atoms with Gasteiger partial charge in [-0.3, -0.25) is 0 Å². The van der Waals surface area contributed by atoms with E-state index in [4.69, 9.17) is 9.84 Å². The Hall–Kier alpha value is -2.84. The molecule has 4 nitrogen and oxygen atoms in total. The molecular formula is C18H15F5O4. The van der Waals surface area contributed by atoms with Gasteiger partial charge in [-0.05, 0) is 43.5 Å². The van der Waals surface area contributed by atoms with E-state index < -0.39 is 40.8 Å². The van der Waals surface area contributed by atoms with Gasteiger partial charge in [0.05, 0.1) is 18.8 Å². The Bertz CT molecular complexity index is 825. The van der Waals surface area contributed by atoms with E-state index in [9.17, 15) is 26.7 Å². The predicted molar refractivity (Wildman–Crippen MR) is 84.6 cm³/mol. The van der Waals surface area contributed by atoms with Gasteiger partial charge in [-0.2, -0.15) is 8.78 Å². The fourth-order valence-corrected chi connectivity index (χ4v) is 2.22. The molecule has 0 atom stereocenters. The van der Waals surface area contributed by atoms with Crippen LogP contribution in [0.15, 0.2) is 18.2 Å². The Morgan fingerprint density at radius 1 is 0.889 bits per heavy atom. The van der Waals surface area contributed by atoms with Crippen molar-refractivity contribution in [2.24, 2.45) is 0 Å². The Kier molecular flexibility index (Phi) is 6.59. The highest BCUT2D eigenvalue weighted by Gasteiger charge is 2.26. The van der Waals surface area contributed by atoms with Crippen LogP contribution in [0.2, 0.25) is 0 Å².